The van der Waals surface area contributed by atoms with Crippen LogP contribution in [0.15, 0.2) is 60.8 Å². The fraction of sp³-hybridized carbons (Fsp3) is 0.778. The summed E-state index contributed by atoms with van der Waals surface area (Å²) in [5.41, 5.74) is 0. The first kappa shape index (κ1) is 57.6. The van der Waals surface area contributed by atoms with Gasteiger partial charge in [0.2, 0.25) is 5.91 Å². The number of esters is 1. The molecule has 3 unspecified atom stereocenters. The van der Waals surface area contributed by atoms with Gasteiger partial charge in [-0.15, -0.1) is 0 Å². The van der Waals surface area contributed by atoms with Gasteiger partial charge >= 0.3 is 5.97 Å². The molecule has 0 saturated carbocycles. The van der Waals surface area contributed by atoms with E-state index in [4.69, 9.17) is 4.74 Å². The highest BCUT2D eigenvalue weighted by atomic mass is 16.5. The molecule has 348 valence electrons. The highest BCUT2D eigenvalue weighted by Gasteiger charge is 2.24. The molecule has 0 aliphatic carbocycles. The van der Waals surface area contributed by atoms with Crippen LogP contribution in [0.1, 0.15) is 245 Å². The summed E-state index contributed by atoms with van der Waals surface area (Å²) in [6, 6.07) is -0.709. The van der Waals surface area contributed by atoms with Gasteiger partial charge in [0.1, 0.15) is 6.10 Å². The lowest BCUT2D eigenvalue weighted by Crippen LogP contribution is -2.46. The largest absolute Gasteiger partial charge is 0.462 e. The molecule has 0 aromatic heterocycles. The Labute approximate surface area is 371 Å². The Hall–Kier alpha value is -2.44. The van der Waals surface area contributed by atoms with Crippen molar-refractivity contribution in [2.24, 2.45) is 0 Å². The number of rotatable bonds is 45. The van der Waals surface area contributed by atoms with E-state index in [-0.39, 0.29) is 24.9 Å². The van der Waals surface area contributed by atoms with Gasteiger partial charge < -0.3 is 20.3 Å². The maximum atomic E-state index is 13.2. The number of ether oxygens (including phenoxy) is 1. The fourth-order valence-corrected chi connectivity index (χ4v) is 7.47. The molecule has 1 amide bonds. The number of carbonyl (C=O) groups excluding carboxylic acids is 2. The molecule has 0 aromatic rings. The minimum absolute atomic E-state index is 0.0613. The van der Waals surface area contributed by atoms with Gasteiger partial charge in [0.15, 0.2) is 0 Å². The molecule has 0 bridgehead atoms. The van der Waals surface area contributed by atoms with Gasteiger partial charge in [0.25, 0.3) is 0 Å². The molecule has 6 heteroatoms. The van der Waals surface area contributed by atoms with Crippen LogP contribution in [-0.4, -0.2) is 46.9 Å². The third-order valence-electron chi connectivity index (χ3n) is 11.3. The molecule has 0 saturated heterocycles. The first-order valence-electron chi connectivity index (χ1n) is 25.5. The van der Waals surface area contributed by atoms with Crippen molar-refractivity contribution in [2.75, 3.05) is 6.61 Å². The van der Waals surface area contributed by atoms with Crippen molar-refractivity contribution >= 4 is 11.9 Å². The molecular formula is C54H97NO5. The monoisotopic (exact) mass is 840 g/mol. The zero-order valence-corrected chi connectivity index (χ0v) is 39.6. The third-order valence-corrected chi connectivity index (χ3v) is 11.3. The highest BCUT2D eigenvalue weighted by Crippen LogP contribution is 2.17. The highest BCUT2D eigenvalue weighted by molar-refractivity contribution is 5.77. The van der Waals surface area contributed by atoms with Crippen LogP contribution in [-0.2, 0) is 14.3 Å². The quantitative estimate of drug-likeness (QED) is 0.0322. The molecule has 0 aromatic carbocycles. The van der Waals surface area contributed by atoms with Crippen molar-refractivity contribution in [3.8, 4) is 0 Å². The minimum atomic E-state index is -0.794. The second-order valence-corrected chi connectivity index (χ2v) is 17.2. The number of nitrogens with one attached hydrogen (secondary N) is 1. The molecule has 3 N–H and O–H groups in total. The van der Waals surface area contributed by atoms with E-state index in [1.807, 2.05) is 0 Å². The molecule has 6 nitrogen and oxygen atoms in total. The van der Waals surface area contributed by atoms with Crippen LogP contribution < -0.4 is 5.32 Å². The van der Waals surface area contributed by atoms with Gasteiger partial charge in [-0.1, -0.05) is 204 Å². The van der Waals surface area contributed by atoms with Gasteiger partial charge in [-0.3, -0.25) is 9.59 Å². The van der Waals surface area contributed by atoms with Crippen LogP contribution in [0, 0.1) is 0 Å². The summed E-state index contributed by atoms with van der Waals surface area (Å²) >= 11 is 0. The number of allylic oxidation sites excluding steroid dienone is 10. The number of hydrogen-bond donors (Lipinski definition) is 3. The minimum Gasteiger partial charge on any atom is -0.462 e. The van der Waals surface area contributed by atoms with E-state index in [1.165, 1.54) is 103 Å². The zero-order chi connectivity index (χ0) is 43.8. The summed E-state index contributed by atoms with van der Waals surface area (Å²) in [4.78, 5) is 26.1. The number of aliphatic hydroxyl groups excluding tert-OH is 2. The SMILES string of the molecule is CC/C=C/C/C=C/CCCCCCCC(CC(=O)NC(CO)C(O)CCCCCCCCCCCC)OC(=O)CCCCCCCC/C=C\C/C=C\C/C=C\CCCCC. The smallest absolute Gasteiger partial charge is 0.306 e. The number of unbranched alkanes of at least 4 members (excludes halogenated alkanes) is 23. The Kier molecular flexibility index (Phi) is 45.7. The number of carbonyl (C=O) groups is 2. The van der Waals surface area contributed by atoms with E-state index in [2.05, 4.69) is 86.8 Å². The first-order valence-corrected chi connectivity index (χ1v) is 25.5. The van der Waals surface area contributed by atoms with Gasteiger partial charge in [-0.25, -0.2) is 0 Å². The lowest BCUT2D eigenvalue weighted by molar-refractivity contribution is -0.151. The maximum absolute atomic E-state index is 13.2. The topological polar surface area (TPSA) is 95.9 Å². The average molecular weight is 840 g/mol. The second-order valence-electron chi connectivity index (χ2n) is 17.2. The molecule has 3 atom stereocenters. The molecular weight excluding hydrogens is 743 g/mol. The Bertz CT molecular complexity index is 1080. The van der Waals surface area contributed by atoms with E-state index in [0.717, 1.165) is 96.3 Å². The molecule has 0 radical (unpaired) electrons. The van der Waals surface area contributed by atoms with Crippen molar-refractivity contribution in [1.29, 1.82) is 0 Å². The van der Waals surface area contributed by atoms with Crippen LogP contribution in [0.5, 0.6) is 0 Å². The van der Waals surface area contributed by atoms with E-state index < -0.39 is 18.2 Å². The summed E-state index contributed by atoms with van der Waals surface area (Å²) < 4.78 is 5.92. The van der Waals surface area contributed by atoms with Gasteiger partial charge in [-0.2, -0.15) is 0 Å². The van der Waals surface area contributed by atoms with Crippen molar-refractivity contribution in [2.45, 2.75) is 264 Å². The van der Waals surface area contributed by atoms with Crippen LogP contribution in [0.25, 0.3) is 0 Å². The van der Waals surface area contributed by atoms with Crippen LogP contribution in [0.3, 0.4) is 0 Å². The second kappa shape index (κ2) is 47.6. The van der Waals surface area contributed by atoms with Gasteiger partial charge in [-0.05, 0) is 89.9 Å². The van der Waals surface area contributed by atoms with Crippen molar-refractivity contribution in [1.82, 2.24) is 5.32 Å². The summed E-state index contributed by atoms with van der Waals surface area (Å²) in [7, 11) is 0. The van der Waals surface area contributed by atoms with Crippen molar-refractivity contribution in [3.05, 3.63) is 60.8 Å². The Morgan fingerprint density at radius 2 is 0.900 bits per heavy atom. The normalized spacial score (nSPS) is 13.8. The van der Waals surface area contributed by atoms with Crippen molar-refractivity contribution < 1.29 is 24.5 Å². The molecule has 60 heavy (non-hydrogen) atoms. The van der Waals surface area contributed by atoms with E-state index in [1.54, 1.807) is 0 Å². The third kappa shape index (κ3) is 42.3. The summed E-state index contributed by atoms with van der Waals surface area (Å²) in [6.45, 7) is 6.33. The standard InChI is InChI=1S/C54H97NO5/c1-4-7-10-13-16-19-22-24-25-26-27-28-29-30-32-35-38-41-44-47-54(59)60-50(45-42-39-36-33-31-23-20-17-14-11-8-5-2)48-53(58)55-51(49-56)52(57)46-43-40-37-34-21-18-15-12-9-6-3/h8,11,16-17,19-20,24-25,27-28,50-52,56-57H,4-7,9-10,12-15,18,21-23,26,29-49H2,1-3H3,(H,55,58)/b11-8+,19-16-,20-17+,25-24-,28-27-. The van der Waals surface area contributed by atoms with Crippen LogP contribution >= 0.6 is 0 Å². The fourth-order valence-electron chi connectivity index (χ4n) is 7.47. The predicted molar refractivity (Wildman–Crippen MR) is 259 cm³/mol. The lowest BCUT2D eigenvalue weighted by Gasteiger charge is -2.24. The number of hydrogen-bond acceptors (Lipinski definition) is 5. The van der Waals surface area contributed by atoms with Crippen LogP contribution in [0.4, 0.5) is 0 Å². The zero-order valence-electron chi connectivity index (χ0n) is 39.6. The van der Waals surface area contributed by atoms with E-state index >= 15 is 0 Å². The maximum Gasteiger partial charge on any atom is 0.306 e. The van der Waals surface area contributed by atoms with E-state index in [0.29, 0.717) is 19.3 Å². The Morgan fingerprint density at radius 1 is 0.500 bits per heavy atom. The molecule has 0 spiro atoms. The van der Waals surface area contributed by atoms with Gasteiger partial charge in [0.05, 0.1) is 25.2 Å². The lowest BCUT2D eigenvalue weighted by atomic mass is 10.0. The summed E-state index contributed by atoms with van der Waals surface area (Å²) in [5, 5.41) is 23.7. The number of aliphatic hydroxyl groups is 2. The molecule has 0 heterocycles. The molecule has 0 rings (SSSR count). The van der Waals surface area contributed by atoms with E-state index in [9.17, 15) is 19.8 Å². The van der Waals surface area contributed by atoms with Crippen LogP contribution in [0.2, 0.25) is 0 Å². The predicted octanol–water partition coefficient (Wildman–Crippen LogP) is 15.2. The summed E-state index contributed by atoms with van der Waals surface area (Å²) in [5.74, 6) is -0.503. The Balaban J connectivity index is 4.56. The number of amides is 1. The summed E-state index contributed by atoms with van der Waals surface area (Å²) in [6.07, 6.45) is 58.5. The molecule has 0 fully saturated rings. The average Bonchev–Trinajstić information content (AvgIpc) is 3.24. The molecule has 0 aliphatic heterocycles. The first-order chi connectivity index (χ1) is 29.5. The molecule has 0 aliphatic rings. The van der Waals surface area contributed by atoms with Crippen molar-refractivity contribution in [3.63, 3.8) is 0 Å². The Morgan fingerprint density at radius 3 is 1.40 bits per heavy atom. The van der Waals surface area contributed by atoms with Gasteiger partial charge in [0, 0.05) is 6.42 Å².